The largest absolute Gasteiger partial charge is 0.493 e. The number of ether oxygens (including phenoxy) is 2. The molecule has 0 aliphatic rings. The van der Waals surface area contributed by atoms with E-state index in [4.69, 9.17) is 21.1 Å². The maximum Gasteiger partial charge on any atom is 0.239 e. The number of hydrogen-bond acceptors (Lipinski definition) is 4. The minimum Gasteiger partial charge on any atom is -0.493 e. The standard InChI is InChI=1S/C16H23ClN2O4/c1-12-10-13(17)5-6-14(12)23-8-3-4-15(20)19-11-16(21)18-7-9-22-2/h5-6,10H,3-4,7-9,11H2,1-2H3,(H,18,21)(H,19,20). The average Bonchev–Trinajstić information content (AvgIpc) is 2.51. The van der Waals surface area contributed by atoms with Gasteiger partial charge < -0.3 is 20.1 Å². The Morgan fingerprint density at radius 3 is 2.65 bits per heavy atom. The van der Waals surface area contributed by atoms with Gasteiger partial charge in [0.2, 0.25) is 11.8 Å². The molecule has 128 valence electrons. The van der Waals surface area contributed by atoms with Crippen LogP contribution in [0, 0.1) is 6.92 Å². The lowest BCUT2D eigenvalue weighted by Crippen LogP contribution is -2.38. The molecule has 0 atom stereocenters. The van der Waals surface area contributed by atoms with Crippen LogP contribution in [0.2, 0.25) is 5.02 Å². The Morgan fingerprint density at radius 2 is 1.96 bits per heavy atom. The van der Waals surface area contributed by atoms with Crippen LogP contribution in [0.3, 0.4) is 0 Å². The van der Waals surface area contributed by atoms with Crippen LogP contribution in [0.25, 0.3) is 0 Å². The van der Waals surface area contributed by atoms with Gasteiger partial charge in [-0.2, -0.15) is 0 Å². The first-order valence-electron chi connectivity index (χ1n) is 7.44. The van der Waals surface area contributed by atoms with Gasteiger partial charge in [0.25, 0.3) is 0 Å². The Kier molecular flexibility index (Phi) is 9.09. The van der Waals surface area contributed by atoms with Crippen molar-refractivity contribution in [2.45, 2.75) is 19.8 Å². The van der Waals surface area contributed by atoms with Crippen molar-refractivity contribution in [3.8, 4) is 5.75 Å². The monoisotopic (exact) mass is 342 g/mol. The molecule has 2 amide bonds. The molecule has 0 aliphatic carbocycles. The van der Waals surface area contributed by atoms with E-state index in [-0.39, 0.29) is 18.4 Å². The van der Waals surface area contributed by atoms with E-state index in [1.54, 1.807) is 13.2 Å². The minimum atomic E-state index is -0.233. The molecular formula is C16H23ClN2O4. The molecule has 0 spiro atoms. The van der Waals surface area contributed by atoms with Gasteiger partial charge in [-0.25, -0.2) is 0 Å². The summed E-state index contributed by atoms with van der Waals surface area (Å²) in [7, 11) is 1.56. The minimum absolute atomic E-state index is 0.0281. The van der Waals surface area contributed by atoms with Crippen LogP contribution in [-0.2, 0) is 14.3 Å². The second-order valence-corrected chi connectivity index (χ2v) is 5.42. The number of carbonyl (C=O) groups is 2. The number of nitrogens with one attached hydrogen (secondary N) is 2. The summed E-state index contributed by atoms with van der Waals surface area (Å²) >= 11 is 5.87. The molecule has 1 aromatic carbocycles. The van der Waals surface area contributed by atoms with E-state index in [9.17, 15) is 9.59 Å². The lowest BCUT2D eigenvalue weighted by atomic mass is 10.2. The zero-order valence-electron chi connectivity index (χ0n) is 13.5. The van der Waals surface area contributed by atoms with Gasteiger partial charge in [-0.3, -0.25) is 9.59 Å². The van der Waals surface area contributed by atoms with Gasteiger partial charge in [0.15, 0.2) is 0 Å². The molecule has 2 N–H and O–H groups in total. The fourth-order valence-corrected chi connectivity index (χ4v) is 2.04. The van der Waals surface area contributed by atoms with Gasteiger partial charge in [0.1, 0.15) is 5.75 Å². The Hall–Kier alpha value is -1.79. The van der Waals surface area contributed by atoms with E-state index >= 15 is 0 Å². The Labute approximate surface area is 141 Å². The second kappa shape index (κ2) is 10.9. The molecule has 7 heteroatoms. The molecule has 0 saturated heterocycles. The number of hydrogen-bond donors (Lipinski definition) is 2. The van der Waals surface area contributed by atoms with Crippen molar-refractivity contribution < 1.29 is 19.1 Å². The lowest BCUT2D eigenvalue weighted by molar-refractivity contribution is -0.126. The van der Waals surface area contributed by atoms with Gasteiger partial charge in [0, 0.05) is 25.1 Å². The summed E-state index contributed by atoms with van der Waals surface area (Å²) in [6, 6.07) is 5.40. The summed E-state index contributed by atoms with van der Waals surface area (Å²) in [5, 5.41) is 5.85. The fourth-order valence-electron chi connectivity index (χ4n) is 1.81. The van der Waals surface area contributed by atoms with Crippen LogP contribution in [0.15, 0.2) is 18.2 Å². The molecule has 0 aromatic heterocycles. The third-order valence-corrected chi connectivity index (χ3v) is 3.25. The van der Waals surface area contributed by atoms with E-state index in [2.05, 4.69) is 10.6 Å². The van der Waals surface area contributed by atoms with Crippen LogP contribution >= 0.6 is 11.6 Å². The van der Waals surface area contributed by atoms with E-state index in [0.29, 0.717) is 37.6 Å². The number of carbonyl (C=O) groups excluding carboxylic acids is 2. The first kappa shape index (κ1) is 19.3. The van der Waals surface area contributed by atoms with E-state index in [0.717, 1.165) is 11.3 Å². The zero-order valence-corrected chi connectivity index (χ0v) is 14.2. The molecule has 0 bridgehead atoms. The molecular weight excluding hydrogens is 320 g/mol. The number of benzene rings is 1. The van der Waals surface area contributed by atoms with Crippen molar-refractivity contribution in [2.75, 3.05) is 33.4 Å². The Morgan fingerprint density at radius 1 is 1.17 bits per heavy atom. The summed E-state index contributed by atoms with van der Waals surface area (Å²) in [4.78, 5) is 23.0. The highest BCUT2D eigenvalue weighted by Gasteiger charge is 2.06. The van der Waals surface area contributed by atoms with Crippen LogP contribution in [0.4, 0.5) is 0 Å². The number of methoxy groups -OCH3 is 1. The molecule has 0 radical (unpaired) electrons. The van der Waals surface area contributed by atoms with Crippen LogP contribution in [-0.4, -0.2) is 45.2 Å². The van der Waals surface area contributed by atoms with Crippen molar-refractivity contribution in [3.63, 3.8) is 0 Å². The number of rotatable bonds is 10. The van der Waals surface area contributed by atoms with Crippen molar-refractivity contribution in [2.24, 2.45) is 0 Å². The van der Waals surface area contributed by atoms with Crippen LogP contribution in [0.1, 0.15) is 18.4 Å². The highest BCUT2D eigenvalue weighted by Crippen LogP contribution is 2.21. The fraction of sp³-hybridized carbons (Fsp3) is 0.500. The highest BCUT2D eigenvalue weighted by molar-refractivity contribution is 6.30. The summed E-state index contributed by atoms with van der Waals surface area (Å²) in [5.74, 6) is 0.346. The Bertz CT molecular complexity index is 523. The summed E-state index contributed by atoms with van der Waals surface area (Å²) in [6.45, 7) is 3.19. The first-order valence-corrected chi connectivity index (χ1v) is 7.82. The molecule has 6 nitrogen and oxygen atoms in total. The average molecular weight is 343 g/mol. The van der Waals surface area contributed by atoms with Crippen molar-refractivity contribution in [3.05, 3.63) is 28.8 Å². The van der Waals surface area contributed by atoms with Gasteiger partial charge in [-0.15, -0.1) is 0 Å². The van der Waals surface area contributed by atoms with Gasteiger partial charge in [-0.05, 0) is 37.1 Å². The molecule has 1 aromatic rings. The number of halogens is 1. The van der Waals surface area contributed by atoms with Crippen LogP contribution in [0.5, 0.6) is 5.75 Å². The normalized spacial score (nSPS) is 10.2. The van der Waals surface area contributed by atoms with E-state index in [1.165, 1.54) is 0 Å². The van der Waals surface area contributed by atoms with Gasteiger partial charge in [-0.1, -0.05) is 11.6 Å². The Balaban J connectivity index is 2.13. The maximum atomic E-state index is 11.6. The van der Waals surface area contributed by atoms with E-state index < -0.39 is 0 Å². The third-order valence-electron chi connectivity index (χ3n) is 3.02. The van der Waals surface area contributed by atoms with Crippen molar-refractivity contribution in [1.29, 1.82) is 0 Å². The first-order chi connectivity index (χ1) is 11.0. The predicted octanol–water partition coefficient (Wildman–Crippen LogP) is 1.69. The topological polar surface area (TPSA) is 76.7 Å². The lowest BCUT2D eigenvalue weighted by Gasteiger charge is -2.09. The van der Waals surface area contributed by atoms with E-state index in [1.807, 2.05) is 19.1 Å². The van der Waals surface area contributed by atoms with Gasteiger partial charge in [0.05, 0.1) is 19.8 Å². The molecule has 23 heavy (non-hydrogen) atoms. The molecule has 0 fully saturated rings. The van der Waals surface area contributed by atoms with Crippen molar-refractivity contribution >= 4 is 23.4 Å². The zero-order chi connectivity index (χ0) is 17.1. The number of aryl methyl sites for hydroxylation is 1. The quantitative estimate of drug-likeness (QED) is 0.634. The molecule has 0 saturated carbocycles. The second-order valence-electron chi connectivity index (χ2n) is 4.98. The van der Waals surface area contributed by atoms with Gasteiger partial charge >= 0.3 is 0 Å². The summed E-state index contributed by atoms with van der Waals surface area (Å²) in [5.41, 5.74) is 0.953. The maximum absolute atomic E-state index is 11.6. The molecule has 0 heterocycles. The third kappa shape index (κ3) is 8.42. The SMILES string of the molecule is COCCNC(=O)CNC(=O)CCCOc1ccc(Cl)cc1C. The van der Waals surface area contributed by atoms with Crippen molar-refractivity contribution in [1.82, 2.24) is 10.6 Å². The highest BCUT2D eigenvalue weighted by atomic mass is 35.5. The summed E-state index contributed by atoms with van der Waals surface area (Å²) < 4.78 is 10.4. The number of amides is 2. The summed E-state index contributed by atoms with van der Waals surface area (Å²) in [6.07, 6.45) is 0.872. The predicted molar refractivity (Wildman–Crippen MR) is 88.8 cm³/mol. The molecule has 0 unspecified atom stereocenters. The van der Waals surface area contributed by atoms with Crippen LogP contribution < -0.4 is 15.4 Å². The molecule has 1 rings (SSSR count). The smallest absolute Gasteiger partial charge is 0.239 e. The molecule has 0 aliphatic heterocycles.